The fourth-order valence-electron chi connectivity index (χ4n) is 3.01. The van der Waals surface area contributed by atoms with Crippen LogP contribution in [0.5, 0.6) is 0 Å². The van der Waals surface area contributed by atoms with Crippen molar-refractivity contribution in [1.29, 1.82) is 0 Å². The van der Waals surface area contributed by atoms with Gasteiger partial charge in [0.2, 0.25) is 0 Å². The Morgan fingerprint density at radius 2 is 1.83 bits per heavy atom. The second-order valence-electron chi connectivity index (χ2n) is 6.39. The average Bonchev–Trinajstić information content (AvgIpc) is 3.14. The molecule has 6 nitrogen and oxygen atoms in total. The summed E-state index contributed by atoms with van der Waals surface area (Å²) in [5.41, 5.74) is 8.51. The Morgan fingerprint density at radius 1 is 1.10 bits per heavy atom. The van der Waals surface area contributed by atoms with Gasteiger partial charge in [0.05, 0.1) is 5.02 Å². The van der Waals surface area contributed by atoms with Gasteiger partial charge in [-0.1, -0.05) is 54.1 Å². The number of amides is 2. The van der Waals surface area contributed by atoms with Crippen LogP contribution in [0.15, 0.2) is 60.7 Å². The number of carbonyl (C=O) groups excluding carboxylic acids is 1. The Hall–Kier alpha value is -3.42. The monoisotopic (exact) mass is 409 g/mol. The number of nitrogens with zero attached hydrogens (tertiary/aromatic N) is 1. The van der Waals surface area contributed by atoms with Crippen LogP contribution in [0.4, 0.5) is 20.7 Å². The molecule has 0 saturated carbocycles. The van der Waals surface area contributed by atoms with Crippen molar-refractivity contribution in [2.24, 2.45) is 5.73 Å². The average molecular weight is 410 g/mol. The van der Waals surface area contributed by atoms with Crippen LogP contribution >= 0.6 is 11.6 Å². The number of nitrogens with two attached hydrogens (primary N) is 1. The van der Waals surface area contributed by atoms with E-state index in [1.165, 1.54) is 0 Å². The zero-order valence-corrected chi connectivity index (χ0v) is 15.9. The number of anilines is 2. The van der Waals surface area contributed by atoms with Crippen LogP contribution < -0.4 is 16.4 Å². The topological polar surface area (TPSA) is 95.8 Å². The third-order valence-corrected chi connectivity index (χ3v) is 4.88. The van der Waals surface area contributed by atoms with Gasteiger partial charge in [-0.05, 0) is 29.3 Å². The smallest absolute Gasteiger partial charge is 0.324 e. The van der Waals surface area contributed by atoms with Crippen molar-refractivity contribution in [3.8, 4) is 11.1 Å². The number of fused-ring (bicyclic) bond motifs is 1. The first kappa shape index (κ1) is 18.9. The van der Waals surface area contributed by atoms with E-state index < -0.39 is 11.8 Å². The van der Waals surface area contributed by atoms with Crippen molar-refractivity contribution in [2.75, 3.05) is 10.6 Å². The Labute approximate surface area is 170 Å². The summed E-state index contributed by atoms with van der Waals surface area (Å²) < 4.78 is 14.8. The Bertz CT molecular complexity index is 1180. The number of hydrogen-bond donors (Lipinski definition) is 4. The van der Waals surface area contributed by atoms with Gasteiger partial charge in [-0.15, -0.1) is 0 Å². The lowest BCUT2D eigenvalue weighted by molar-refractivity contribution is 0.262. The van der Waals surface area contributed by atoms with Gasteiger partial charge in [-0.25, -0.2) is 9.18 Å². The lowest BCUT2D eigenvalue weighted by atomic mass is 10.0. The van der Waals surface area contributed by atoms with Gasteiger partial charge in [0.15, 0.2) is 11.6 Å². The molecular weight excluding hydrogens is 393 g/mol. The zero-order valence-electron chi connectivity index (χ0n) is 15.2. The molecule has 2 amide bonds. The van der Waals surface area contributed by atoms with Crippen molar-refractivity contribution in [2.45, 2.75) is 6.54 Å². The molecule has 8 heteroatoms. The molecule has 29 heavy (non-hydrogen) atoms. The summed E-state index contributed by atoms with van der Waals surface area (Å²) >= 11 is 6.22. The largest absolute Gasteiger partial charge is 0.326 e. The van der Waals surface area contributed by atoms with E-state index in [-0.39, 0.29) is 16.4 Å². The summed E-state index contributed by atoms with van der Waals surface area (Å²) in [6.07, 6.45) is 0. The van der Waals surface area contributed by atoms with E-state index in [0.717, 1.165) is 11.1 Å². The van der Waals surface area contributed by atoms with Gasteiger partial charge in [0.1, 0.15) is 5.52 Å². The minimum atomic E-state index is -0.624. The highest BCUT2D eigenvalue weighted by Gasteiger charge is 2.19. The molecule has 5 N–H and O–H groups in total. The predicted molar refractivity (Wildman–Crippen MR) is 113 cm³/mol. The van der Waals surface area contributed by atoms with Crippen LogP contribution in [-0.2, 0) is 6.54 Å². The van der Waals surface area contributed by atoms with E-state index in [9.17, 15) is 9.18 Å². The number of halogens is 2. The minimum absolute atomic E-state index is 0.0108. The normalized spacial score (nSPS) is 10.9. The third-order valence-electron chi connectivity index (χ3n) is 4.51. The summed E-state index contributed by atoms with van der Waals surface area (Å²) in [6.45, 7) is 0.420. The summed E-state index contributed by atoms with van der Waals surface area (Å²) in [6, 6.07) is 17.5. The summed E-state index contributed by atoms with van der Waals surface area (Å²) in [5, 5.41) is 12.4. The van der Waals surface area contributed by atoms with Crippen LogP contribution in [0, 0.1) is 5.82 Å². The predicted octanol–water partition coefficient (Wildman–Crippen LogP) is 5.13. The van der Waals surface area contributed by atoms with E-state index in [1.54, 1.807) is 18.2 Å². The van der Waals surface area contributed by atoms with E-state index in [0.29, 0.717) is 23.2 Å². The number of H-pyrrole nitrogens is 1. The molecule has 0 spiro atoms. The van der Waals surface area contributed by atoms with E-state index in [1.807, 2.05) is 42.5 Å². The van der Waals surface area contributed by atoms with Gasteiger partial charge < -0.3 is 11.1 Å². The maximum Gasteiger partial charge on any atom is 0.324 e. The molecule has 0 aliphatic rings. The highest BCUT2D eigenvalue weighted by Crippen LogP contribution is 2.36. The molecule has 0 aliphatic heterocycles. The number of nitrogens with one attached hydrogen (secondary N) is 3. The van der Waals surface area contributed by atoms with Gasteiger partial charge >= 0.3 is 6.03 Å². The first-order valence-electron chi connectivity index (χ1n) is 8.85. The maximum atomic E-state index is 14.8. The SMILES string of the molecule is NCc1ccc(NC(=O)Nc2n[nH]c3c(F)c(Cl)c(-c4ccccc4)cc23)cc1. The number of carbonyl (C=O) groups is 1. The fourth-order valence-corrected chi connectivity index (χ4v) is 3.27. The van der Waals surface area contributed by atoms with Gasteiger partial charge in [-0.2, -0.15) is 5.10 Å². The molecule has 0 atom stereocenters. The zero-order chi connectivity index (χ0) is 20.4. The molecule has 0 bridgehead atoms. The number of aromatic nitrogens is 2. The fraction of sp³-hybridized carbons (Fsp3) is 0.0476. The van der Waals surface area contributed by atoms with Crippen LogP contribution in [0.25, 0.3) is 22.0 Å². The number of benzene rings is 3. The molecule has 0 radical (unpaired) electrons. The molecule has 3 aromatic carbocycles. The maximum absolute atomic E-state index is 14.8. The van der Waals surface area contributed by atoms with Crippen molar-refractivity contribution in [1.82, 2.24) is 10.2 Å². The first-order valence-corrected chi connectivity index (χ1v) is 9.23. The lowest BCUT2D eigenvalue weighted by Gasteiger charge is -2.09. The standard InChI is InChI=1S/C21H17ClFN5O/c22-17-15(13-4-2-1-3-5-13)10-16-19(18(17)23)27-28-20(16)26-21(29)25-14-8-6-12(11-24)7-9-14/h1-10H,11,24H2,(H3,25,26,27,28,29). The number of aromatic amines is 1. The second kappa shape index (κ2) is 7.90. The molecular formula is C21H17ClFN5O. The van der Waals surface area contributed by atoms with Gasteiger partial charge in [0.25, 0.3) is 0 Å². The highest BCUT2D eigenvalue weighted by atomic mass is 35.5. The Kier molecular flexibility index (Phi) is 5.16. The molecule has 0 fully saturated rings. The van der Waals surface area contributed by atoms with Crippen molar-refractivity contribution >= 4 is 40.0 Å². The first-order chi connectivity index (χ1) is 14.1. The summed E-state index contributed by atoms with van der Waals surface area (Å²) in [4.78, 5) is 12.4. The van der Waals surface area contributed by atoms with Crippen LogP contribution in [0.3, 0.4) is 0 Å². The Morgan fingerprint density at radius 3 is 2.52 bits per heavy atom. The van der Waals surface area contributed by atoms with Crippen LogP contribution in [-0.4, -0.2) is 16.2 Å². The second-order valence-corrected chi connectivity index (χ2v) is 6.77. The van der Waals surface area contributed by atoms with E-state index in [4.69, 9.17) is 17.3 Å². The number of urea groups is 1. The molecule has 4 aromatic rings. The van der Waals surface area contributed by atoms with Crippen molar-refractivity contribution in [3.63, 3.8) is 0 Å². The van der Waals surface area contributed by atoms with Crippen molar-refractivity contribution in [3.05, 3.63) is 77.1 Å². The number of hydrogen-bond acceptors (Lipinski definition) is 3. The molecule has 1 aromatic heterocycles. The highest BCUT2D eigenvalue weighted by molar-refractivity contribution is 6.34. The quantitative estimate of drug-likeness (QED) is 0.376. The minimum Gasteiger partial charge on any atom is -0.326 e. The summed E-state index contributed by atoms with van der Waals surface area (Å²) in [7, 11) is 0. The van der Waals surface area contributed by atoms with Crippen LogP contribution in [0.2, 0.25) is 5.02 Å². The Balaban J connectivity index is 1.64. The van der Waals surface area contributed by atoms with Crippen LogP contribution in [0.1, 0.15) is 5.56 Å². The molecule has 0 saturated heterocycles. The number of rotatable bonds is 4. The molecule has 146 valence electrons. The molecule has 1 heterocycles. The summed E-state index contributed by atoms with van der Waals surface area (Å²) in [5.74, 6) is -0.426. The lowest BCUT2D eigenvalue weighted by Crippen LogP contribution is -2.19. The van der Waals surface area contributed by atoms with Crippen molar-refractivity contribution < 1.29 is 9.18 Å². The molecule has 4 rings (SSSR count). The van der Waals surface area contributed by atoms with E-state index in [2.05, 4.69) is 20.8 Å². The van der Waals surface area contributed by atoms with Gasteiger partial charge in [-0.3, -0.25) is 10.4 Å². The third kappa shape index (κ3) is 3.78. The molecule has 0 unspecified atom stereocenters. The van der Waals surface area contributed by atoms with E-state index >= 15 is 0 Å². The molecule has 0 aliphatic carbocycles. The van der Waals surface area contributed by atoms with Gasteiger partial charge in [0, 0.05) is 23.2 Å².